The van der Waals surface area contributed by atoms with Crippen molar-refractivity contribution in [2.75, 3.05) is 26.2 Å². The minimum atomic E-state index is -0.786. The lowest BCUT2D eigenvalue weighted by Crippen LogP contribution is -2.48. The lowest BCUT2D eigenvalue weighted by atomic mass is 10.0. The van der Waals surface area contributed by atoms with Crippen molar-refractivity contribution < 1.29 is 28.7 Å². The zero-order valence-corrected chi connectivity index (χ0v) is 20.4. The minimum absolute atomic E-state index is 0.00177. The van der Waals surface area contributed by atoms with Crippen LogP contribution in [-0.2, 0) is 20.9 Å². The average molecular weight is 494 g/mol. The van der Waals surface area contributed by atoms with E-state index in [1.54, 1.807) is 41.0 Å². The Labute approximate surface area is 210 Å². The van der Waals surface area contributed by atoms with Crippen LogP contribution < -0.4 is 10.1 Å². The van der Waals surface area contributed by atoms with Crippen molar-refractivity contribution in [1.29, 1.82) is 0 Å². The fraction of sp³-hybridized carbons (Fsp3) is 0.407. The molecule has 36 heavy (non-hydrogen) atoms. The second-order valence-corrected chi connectivity index (χ2v) is 9.05. The first-order chi connectivity index (χ1) is 17.4. The maximum atomic E-state index is 12.9. The summed E-state index contributed by atoms with van der Waals surface area (Å²) in [6, 6.07) is 16.1. The van der Waals surface area contributed by atoms with Gasteiger partial charge in [0.15, 0.2) is 0 Å². The molecule has 0 aliphatic carbocycles. The van der Waals surface area contributed by atoms with E-state index in [0.717, 1.165) is 5.56 Å². The van der Waals surface area contributed by atoms with Gasteiger partial charge in [-0.2, -0.15) is 0 Å². The summed E-state index contributed by atoms with van der Waals surface area (Å²) in [6.45, 7) is 3.89. The molecular formula is C27H31N3O6. The molecule has 2 heterocycles. The lowest BCUT2D eigenvalue weighted by molar-refractivity contribution is -0.129. The molecule has 190 valence electrons. The zero-order valence-electron chi connectivity index (χ0n) is 20.4. The van der Waals surface area contributed by atoms with E-state index in [-0.39, 0.29) is 42.7 Å². The highest BCUT2D eigenvalue weighted by Gasteiger charge is 2.35. The van der Waals surface area contributed by atoms with Crippen molar-refractivity contribution in [3.05, 3.63) is 65.7 Å². The number of hydrogen-bond acceptors (Lipinski definition) is 6. The number of hydrogen-bond donors (Lipinski definition) is 1. The summed E-state index contributed by atoms with van der Waals surface area (Å²) in [5.41, 5.74) is 1.54. The normalized spacial score (nSPS) is 18.1. The number of carbonyl (C=O) groups is 4. The van der Waals surface area contributed by atoms with Gasteiger partial charge in [-0.3, -0.25) is 14.4 Å². The highest BCUT2D eigenvalue weighted by Crippen LogP contribution is 2.22. The lowest BCUT2D eigenvalue weighted by Gasteiger charge is -2.33. The molecule has 0 aromatic heterocycles. The summed E-state index contributed by atoms with van der Waals surface area (Å²) in [5.74, 6) is -0.255. The maximum absolute atomic E-state index is 12.9. The van der Waals surface area contributed by atoms with Gasteiger partial charge >= 0.3 is 6.16 Å². The monoisotopic (exact) mass is 493 g/mol. The van der Waals surface area contributed by atoms with E-state index in [1.807, 2.05) is 30.3 Å². The molecule has 0 radical (unpaired) electrons. The molecule has 0 bridgehead atoms. The van der Waals surface area contributed by atoms with Crippen molar-refractivity contribution in [2.24, 2.45) is 5.92 Å². The number of benzene rings is 2. The summed E-state index contributed by atoms with van der Waals surface area (Å²) >= 11 is 0. The minimum Gasteiger partial charge on any atom is -0.434 e. The molecule has 2 saturated heterocycles. The Balaban J connectivity index is 1.22. The van der Waals surface area contributed by atoms with Gasteiger partial charge in [-0.15, -0.1) is 0 Å². The van der Waals surface area contributed by atoms with E-state index in [4.69, 9.17) is 9.47 Å². The SMILES string of the molecule is CCOC(=O)Oc1ccc(C(=O)N2CCC(NC(=O)C3CC(=O)N(Cc4ccccc4)C3)CC2)cc1. The van der Waals surface area contributed by atoms with Crippen molar-refractivity contribution in [3.63, 3.8) is 0 Å². The largest absolute Gasteiger partial charge is 0.513 e. The van der Waals surface area contributed by atoms with Crippen molar-refractivity contribution in [1.82, 2.24) is 15.1 Å². The summed E-state index contributed by atoms with van der Waals surface area (Å²) in [7, 11) is 0. The van der Waals surface area contributed by atoms with Crippen LogP contribution in [0.5, 0.6) is 5.75 Å². The highest BCUT2D eigenvalue weighted by molar-refractivity contribution is 5.94. The standard InChI is InChI=1S/C27H31N3O6/c1-2-35-27(34)36-23-10-8-20(9-11-23)26(33)29-14-12-22(13-15-29)28-25(32)21-16-24(31)30(18-21)17-19-6-4-3-5-7-19/h3-11,21-22H,2,12-18H2,1H3,(H,28,32). The maximum Gasteiger partial charge on any atom is 0.513 e. The van der Waals surface area contributed by atoms with Crippen LogP contribution in [0.1, 0.15) is 42.1 Å². The number of likely N-dealkylation sites (tertiary alicyclic amines) is 2. The van der Waals surface area contributed by atoms with Crippen LogP contribution in [-0.4, -0.2) is 66.0 Å². The van der Waals surface area contributed by atoms with Gasteiger partial charge in [-0.05, 0) is 49.6 Å². The molecule has 1 atom stereocenters. The Hall–Kier alpha value is -3.88. The molecule has 0 saturated carbocycles. The van der Waals surface area contributed by atoms with Gasteiger partial charge < -0.3 is 24.6 Å². The third-order valence-electron chi connectivity index (χ3n) is 6.49. The summed E-state index contributed by atoms with van der Waals surface area (Å²) in [5, 5.41) is 3.08. The van der Waals surface area contributed by atoms with E-state index in [1.165, 1.54) is 0 Å². The predicted octanol–water partition coefficient (Wildman–Crippen LogP) is 2.99. The first-order valence-electron chi connectivity index (χ1n) is 12.3. The quantitative estimate of drug-likeness (QED) is 0.470. The first-order valence-corrected chi connectivity index (χ1v) is 12.3. The van der Waals surface area contributed by atoms with Crippen LogP contribution in [0.3, 0.4) is 0 Å². The molecule has 2 fully saturated rings. The van der Waals surface area contributed by atoms with Crippen LogP contribution in [0.4, 0.5) is 4.79 Å². The Kier molecular flexibility index (Phi) is 8.20. The molecule has 0 spiro atoms. The van der Waals surface area contributed by atoms with Gasteiger partial charge in [0.1, 0.15) is 5.75 Å². The third-order valence-corrected chi connectivity index (χ3v) is 6.49. The summed E-state index contributed by atoms with van der Waals surface area (Å²) in [4.78, 5) is 53.0. The van der Waals surface area contributed by atoms with Crippen LogP contribution in [0.15, 0.2) is 54.6 Å². The molecule has 1 unspecified atom stereocenters. The Morgan fingerprint density at radius 1 is 1.00 bits per heavy atom. The predicted molar refractivity (Wildman–Crippen MR) is 131 cm³/mol. The van der Waals surface area contributed by atoms with E-state index in [0.29, 0.717) is 50.3 Å². The van der Waals surface area contributed by atoms with Crippen molar-refractivity contribution in [2.45, 2.75) is 38.8 Å². The molecular weight excluding hydrogens is 462 g/mol. The number of rotatable bonds is 7. The zero-order chi connectivity index (χ0) is 25.5. The molecule has 9 heteroatoms. The van der Waals surface area contributed by atoms with Gasteiger partial charge in [0, 0.05) is 44.2 Å². The van der Waals surface area contributed by atoms with E-state index in [9.17, 15) is 19.2 Å². The number of nitrogens with one attached hydrogen (secondary N) is 1. The van der Waals surface area contributed by atoms with Crippen LogP contribution >= 0.6 is 0 Å². The first kappa shape index (κ1) is 25.2. The molecule has 2 aromatic rings. The van der Waals surface area contributed by atoms with Gasteiger partial charge in [0.2, 0.25) is 11.8 Å². The number of ether oxygens (including phenoxy) is 2. The van der Waals surface area contributed by atoms with E-state index >= 15 is 0 Å². The number of amides is 3. The average Bonchev–Trinajstić information content (AvgIpc) is 3.25. The third kappa shape index (κ3) is 6.41. The summed E-state index contributed by atoms with van der Waals surface area (Å²) in [6.07, 6.45) is 0.740. The molecule has 2 aliphatic rings. The second kappa shape index (κ2) is 11.7. The highest BCUT2D eigenvalue weighted by atomic mass is 16.7. The second-order valence-electron chi connectivity index (χ2n) is 9.05. The van der Waals surface area contributed by atoms with E-state index < -0.39 is 6.16 Å². The Morgan fingerprint density at radius 3 is 2.36 bits per heavy atom. The van der Waals surface area contributed by atoms with Crippen LogP contribution in [0.25, 0.3) is 0 Å². The topological polar surface area (TPSA) is 105 Å². The number of piperidine rings is 1. The molecule has 1 N–H and O–H groups in total. The van der Waals surface area contributed by atoms with Crippen molar-refractivity contribution in [3.8, 4) is 5.75 Å². The van der Waals surface area contributed by atoms with Gasteiger partial charge in [0.05, 0.1) is 12.5 Å². The van der Waals surface area contributed by atoms with Gasteiger partial charge in [0.25, 0.3) is 5.91 Å². The van der Waals surface area contributed by atoms with Gasteiger partial charge in [-0.1, -0.05) is 30.3 Å². The fourth-order valence-corrected chi connectivity index (χ4v) is 4.54. The molecule has 3 amide bonds. The molecule has 4 rings (SSSR count). The molecule has 9 nitrogen and oxygen atoms in total. The smallest absolute Gasteiger partial charge is 0.434 e. The van der Waals surface area contributed by atoms with Crippen LogP contribution in [0.2, 0.25) is 0 Å². The fourth-order valence-electron chi connectivity index (χ4n) is 4.54. The van der Waals surface area contributed by atoms with E-state index in [2.05, 4.69) is 5.32 Å². The van der Waals surface area contributed by atoms with Gasteiger partial charge in [-0.25, -0.2) is 4.79 Å². The molecule has 2 aliphatic heterocycles. The Morgan fingerprint density at radius 2 is 1.69 bits per heavy atom. The summed E-state index contributed by atoms with van der Waals surface area (Å²) < 4.78 is 9.76. The van der Waals surface area contributed by atoms with Crippen LogP contribution in [0, 0.1) is 5.92 Å². The molecule has 2 aromatic carbocycles. The Bertz CT molecular complexity index is 1080. The van der Waals surface area contributed by atoms with Crippen molar-refractivity contribution >= 4 is 23.9 Å². The number of nitrogens with zero attached hydrogens (tertiary/aromatic N) is 2. The number of carbonyl (C=O) groups excluding carboxylic acids is 4.